The lowest BCUT2D eigenvalue weighted by Crippen LogP contribution is -2.63. The minimum Gasteiger partial charge on any atom is -0.490 e. The summed E-state index contributed by atoms with van der Waals surface area (Å²) in [7, 11) is 0. The molecule has 0 aromatic heterocycles. The Labute approximate surface area is 207 Å². The molecular formula is C29H38BrNO2. The Morgan fingerprint density at radius 1 is 0.939 bits per heavy atom. The number of hydrogen-bond acceptors (Lipinski definition) is 3. The molecule has 2 aromatic carbocycles. The zero-order chi connectivity index (χ0) is 23.3. The summed E-state index contributed by atoms with van der Waals surface area (Å²) in [4.78, 5) is 0. The lowest BCUT2D eigenvalue weighted by atomic mass is 9.43. The monoisotopic (exact) mass is 511 g/mol. The summed E-state index contributed by atoms with van der Waals surface area (Å²) in [5, 5.41) is 4.06. The van der Waals surface area contributed by atoms with Gasteiger partial charge in [-0.2, -0.15) is 0 Å². The average Bonchev–Trinajstić information content (AvgIpc) is 2.71. The van der Waals surface area contributed by atoms with Gasteiger partial charge in [-0.1, -0.05) is 43.7 Å². The molecule has 0 radical (unpaired) electrons. The van der Waals surface area contributed by atoms with Crippen molar-refractivity contribution in [1.29, 1.82) is 0 Å². The fourth-order valence-electron chi connectivity index (χ4n) is 7.90. The van der Waals surface area contributed by atoms with Gasteiger partial charge in [0.15, 0.2) is 11.5 Å². The van der Waals surface area contributed by atoms with E-state index >= 15 is 0 Å². The molecule has 1 N–H and O–H groups in total. The van der Waals surface area contributed by atoms with Crippen molar-refractivity contribution in [2.24, 2.45) is 16.7 Å². The molecule has 4 bridgehead atoms. The predicted octanol–water partition coefficient (Wildman–Crippen LogP) is 7.57. The van der Waals surface area contributed by atoms with Crippen molar-refractivity contribution < 1.29 is 9.47 Å². The van der Waals surface area contributed by atoms with E-state index in [1.54, 1.807) is 0 Å². The first-order valence-electron chi connectivity index (χ1n) is 12.6. The van der Waals surface area contributed by atoms with Crippen LogP contribution < -0.4 is 14.8 Å². The first-order valence-corrected chi connectivity index (χ1v) is 13.4. The lowest BCUT2D eigenvalue weighted by Gasteiger charge is -2.65. The van der Waals surface area contributed by atoms with Gasteiger partial charge in [0.25, 0.3) is 0 Å². The molecule has 2 unspecified atom stereocenters. The van der Waals surface area contributed by atoms with Gasteiger partial charge in [-0.05, 0) is 108 Å². The molecule has 178 valence electrons. The van der Waals surface area contributed by atoms with Gasteiger partial charge in [0.1, 0.15) is 6.61 Å². The molecule has 0 aliphatic heterocycles. The van der Waals surface area contributed by atoms with Crippen LogP contribution >= 0.6 is 15.9 Å². The molecule has 6 rings (SSSR count). The Kier molecular flexibility index (Phi) is 6.06. The van der Waals surface area contributed by atoms with Crippen molar-refractivity contribution in [3.8, 4) is 11.5 Å². The van der Waals surface area contributed by atoms with Gasteiger partial charge in [0.2, 0.25) is 0 Å². The number of hydrogen-bond donors (Lipinski definition) is 1. The van der Waals surface area contributed by atoms with Gasteiger partial charge in [0.05, 0.1) is 11.1 Å². The molecule has 3 nitrogen and oxygen atoms in total. The first-order chi connectivity index (χ1) is 15.7. The minimum atomic E-state index is 0.293. The van der Waals surface area contributed by atoms with E-state index in [4.69, 9.17) is 9.47 Å². The molecule has 4 aliphatic carbocycles. The number of ether oxygens (including phenoxy) is 2. The van der Waals surface area contributed by atoms with Crippen molar-refractivity contribution in [2.75, 3.05) is 6.61 Å². The maximum Gasteiger partial charge on any atom is 0.175 e. The highest BCUT2D eigenvalue weighted by atomic mass is 79.9. The summed E-state index contributed by atoms with van der Waals surface area (Å²) < 4.78 is 13.2. The molecule has 4 aliphatic rings. The van der Waals surface area contributed by atoms with Gasteiger partial charge in [-0.3, -0.25) is 0 Å². The molecule has 4 fully saturated rings. The Hall–Kier alpha value is -1.52. The highest BCUT2D eigenvalue weighted by Gasteiger charge is 2.59. The van der Waals surface area contributed by atoms with E-state index in [2.05, 4.69) is 78.4 Å². The molecule has 2 aromatic rings. The van der Waals surface area contributed by atoms with E-state index in [9.17, 15) is 0 Å². The summed E-state index contributed by atoms with van der Waals surface area (Å²) in [6.45, 7) is 11.2. The summed E-state index contributed by atoms with van der Waals surface area (Å²) in [5.41, 5.74) is 5.00. The number of nitrogens with one attached hydrogen (secondary N) is 1. The van der Waals surface area contributed by atoms with Crippen LogP contribution in [-0.4, -0.2) is 12.1 Å². The zero-order valence-corrected chi connectivity index (χ0v) is 22.2. The van der Waals surface area contributed by atoms with E-state index in [-0.39, 0.29) is 0 Å². The van der Waals surface area contributed by atoms with Crippen LogP contribution in [0.2, 0.25) is 0 Å². The maximum atomic E-state index is 6.21. The predicted molar refractivity (Wildman–Crippen MR) is 138 cm³/mol. The van der Waals surface area contributed by atoms with Gasteiger partial charge in [-0.25, -0.2) is 0 Å². The molecule has 0 saturated heterocycles. The fraction of sp³-hybridized carbons (Fsp3) is 0.586. The third-order valence-corrected chi connectivity index (χ3v) is 8.76. The second-order valence-electron chi connectivity index (χ2n) is 11.9. The topological polar surface area (TPSA) is 30.5 Å². The van der Waals surface area contributed by atoms with E-state index in [0.717, 1.165) is 34.0 Å². The molecule has 4 saturated carbocycles. The minimum absolute atomic E-state index is 0.293. The highest BCUT2D eigenvalue weighted by Crippen LogP contribution is 2.66. The summed E-state index contributed by atoms with van der Waals surface area (Å²) in [6.07, 6.45) is 8.26. The van der Waals surface area contributed by atoms with Crippen LogP contribution in [0.4, 0.5) is 0 Å². The van der Waals surface area contributed by atoms with Crippen molar-refractivity contribution >= 4 is 15.9 Å². The highest BCUT2D eigenvalue weighted by molar-refractivity contribution is 9.10. The Morgan fingerprint density at radius 2 is 1.64 bits per heavy atom. The second-order valence-corrected chi connectivity index (χ2v) is 12.7. The number of halogens is 1. The molecule has 0 spiro atoms. The van der Waals surface area contributed by atoms with Crippen molar-refractivity contribution in [3.05, 3.63) is 57.6 Å². The molecule has 0 heterocycles. The van der Waals surface area contributed by atoms with Crippen molar-refractivity contribution in [2.45, 2.75) is 84.9 Å². The largest absolute Gasteiger partial charge is 0.490 e. The van der Waals surface area contributed by atoms with Crippen LogP contribution in [-0.2, 0) is 13.2 Å². The molecule has 4 heteroatoms. The summed E-state index contributed by atoms with van der Waals surface area (Å²) in [5.74, 6) is 2.50. The van der Waals surface area contributed by atoms with Crippen LogP contribution in [0.1, 0.15) is 76.0 Å². The first kappa shape index (κ1) is 23.2. The molecule has 33 heavy (non-hydrogen) atoms. The standard InChI is InChI=1S/C29H38BrNO2/c1-5-32-25-11-22(10-24(30)26(25)33-16-21-8-6-20(2)7-9-21)15-31-29-14-23-12-27(3,18-29)17-28(4,13-23)19-29/h6-11,23,31H,5,12-19H2,1-4H3/t23?,27-,28+,29?. The quantitative estimate of drug-likeness (QED) is 0.396. The molecular weight excluding hydrogens is 474 g/mol. The fourth-order valence-corrected chi connectivity index (χ4v) is 8.50. The molecule has 4 atom stereocenters. The van der Waals surface area contributed by atoms with Crippen LogP contribution in [0, 0.1) is 23.7 Å². The molecule has 0 amide bonds. The Balaban J connectivity index is 1.31. The van der Waals surface area contributed by atoms with E-state index in [1.807, 2.05) is 6.92 Å². The maximum absolute atomic E-state index is 6.21. The Bertz CT molecular complexity index is 999. The van der Waals surface area contributed by atoms with Crippen LogP contribution in [0.15, 0.2) is 40.9 Å². The van der Waals surface area contributed by atoms with Crippen molar-refractivity contribution in [3.63, 3.8) is 0 Å². The number of rotatable bonds is 8. The average molecular weight is 513 g/mol. The smallest absolute Gasteiger partial charge is 0.175 e. The lowest BCUT2D eigenvalue weighted by molar-refractivity contribution is -0.118. The van der Waals surface area contributed by atoms with E-state index in [0.29, 0.717) is 29.6 Å². The Morgan fingerprint density at radius 3 is 2.27 bits per heavy atom. The number of benzene rings is 2. The van der Waals surface area contributed by atoms with Gasteiger partial charge >= 0.3 is 0 Å². The van der Waals surface area contributed by atoms with Crippen LogP contribution in [0.3, 0.4) is 0 Å². The van der Waals surface area contributed by atoms with Gasteiger partial charge in [-0.15, -0.1) is 0 Å². The normalized spacial score (nSPS) is 32.2. The van der Waals surface area contributed by atoms with Gasteiger partial charge in [0, 0.05) is 12.1 Å². The van der Waals surface area contributed by atoms with Gasteiger partial charge < -0.3 is 14.8 Å². The summed E-state index contributed by atoms with van der Waals surface area (Å²) in [6, 6.07) is 12.8. The second kappa shape index (κ2) is 8.61. The summed E-state index contributed by atoms with van der Waals surface area (Å²) >= 11 is 3.77. The van der Waals surface area contributed by atoms with Crippen LogP contribution in [0.25, 0.3) is 0 Å². The SMILES string of the molecule is CCOc1cc(CNC23CC4C[C@@](C)(C2)C[C@](C)(C4)C3)cc(Br)c1OCc1ccc(C)cc1. The zero-order valence-electron chi connectivity index (χ0n) is 20.6. The third-order valence-electron chi connectivity index (χ3n) is 8.17. The van der Waals surface area contributed by atoms with E-state index < -0.39 is 0 Å². The van der Waals surface area contributed by atoms with Crippen LogP contribution in [0.5, 0.6) is 11.5 Å². The van der Waals surface area contributed by atoms with E-state index in [1.165, 1.54) is 49.7 Å². The third kappa shape index (κ3) is 4.84. The number of aryl methyl sites for hydroxylation is 1. The van der Waals surface area contributed by atoms with Crippen molar-refractivity contribution in [1.82, 2.24) is 5.32 Å².